The zero-order valence-electron chi connectivity index (χ0n) is 19.4. The molecule has 1 fully saturated rings. The first-order valence-corrected chi connectivity index (χ1v) is 11.4. The third-order valence-corrected chi connectivity index (χ3v) is 5.81. The van der Waals surface area contributed by atoms with Crippen LogP contribution in [0.4, 0.5) is 16.5 Å². The van der Waals surface area contributed by atoms with Crippen LogP contribution in [0, 0.1) is 6.92 Å². The number of anilines is 2. The van der Waals surface area contributed by atoms with Crippen molar-refractivity contribution in [3.05, 3.63) is 34.2 Å². The molecule has 0 radical (unpaired) electrons. The van der Waals surface area contributed by atoms with Crippen LogP contribution in [0.25, 0.3) is 0 Å². The molecule has 3 rings (SSSR count). The fraction of sp³-hybridized carbons (Fsp3) is 0.591. The van der Waals surface area contributed by atoms with Crippen molar-refractivity contribution in [2.24, 2.45) is 5.73 Å². The number of benzene rings is 1. The predicted octanol–water partition coefficient (Wildman–Crippen LogP) is 4.24. The van der Waals surface area contributed by atoms with Gasteiger partial charge in [-0.1, -0.05) is 23.6 Å². The smallest absolute Gasteiger partial charge is 0.410 e. The third-order valence-electron chi connectivity index (χ3n) is 5.60. The maximum Gasteiger partial charge on any atom is 0.410 e. The van der Waals surface area contributed by atoms with Crippen LogP contribution in [0.1, 0.15) is 57.2 Å². The van der Waals surface area contributed by atoms with Crippen LogP contribution in [-0.2, 0) is 11.3 Å². The van der Waals surface area contributed by atoms with Crippen molar-refractivity contribution in [1.82, 2.24) is 20.0 Å². The number of carbonyl (C=O) groups is 1. The van der Waals surface area contributed by atoms with Crippen LogP contribution in [0.2, 0.25) is 5.02 Å². The van der Waals surface area contributed by atoms with Gasteiger partial charge in [-0.25, -0.2) is 4.79 Å². The monoisotopic (exact) mass is 464 g/mol. The van der Waals surface area contributed by atoms with Crippen molar-refractivity contribution in [2.75, 3.05) is 25.0 Å². The van der Waals surface area contributed by atoms with E-state index in [1.165, 1.54) is 0 Å². The molecule has 0 unspecified atom stereocenters. The van der Waals surface area contributed by atoms with Crippen LogP contribution in [0.3, 0.4) is 0 Å². The Morgan fingerprint density at radius 2 is 2.12 bits per heavy atom. The molecule has 9 nitrogen and oxygen atoms in total. The Kier molecular flexibility index (Phi) is 7.97. The molecule has 0 spiro atoms. The van der Waals surface area contributed by atoms with E-state index in [0.29, 0.717) is 30.4 Å². The number of halogens is 1. The minimum Gasteiger partial charge on any atom is -0.447 e. The summed E-state index contributed by atoms with van der Waals surface area (Å²) in [6.45, 7) is 12.6. The van der Waals surface area contributed by atoms with Crippen LogP contribution >= 0.6 is 11.6 Å². The van der Waals surface area contributed by atoms with Gasteiger partial charge < -0.3 is 25.1 Å². The predicted molar refractivity (Wildman–Crippen MR) is 124 cm³/mol. The van der Waals surface area contributed by atoms with E-state index < -0.39 is 0 Å². The lowest BCUT2D eigenvalue weighted by atomic mass is 10.0. The number of nitrogens with one attached hydrogen (secondary N) is 1. The van der Waals surface area contributed by atoms with Gasteiger partial charge in [-0.15, -0.1) is 5.10 Å². The molecular weight excluding hydrogens is 432 g/mol. The molecule has 0 aliphatic carbocycles. The summed E-state index contributed by atoms with van der Waals surface area (Å²) in [5.74, 6) is 0.401. The van der Waals surface area contributed by atoms with Gasteiger partial charge in [0, 0.05) is 42.9 Å². The summed E-state index contributed by atoms with van der Waals surface area (Å²) < 4.78 is 11.0. The molecule has 10 heteroatoms. The van der Waals surface area contributed by atoms with Gasteiger partial charge in [0.25, 0.3) is 0 Å². The quantitative estimate of drug-likeness (QED) is 0.626. The van der Waals surface area contributed by atoms with E-state index in [2.05, 4.69) is 20.4 Å². The second-order valence-corrected chi connectivity index (χ2v) is 8.97. The lowest BCUT2D eigenvalue weighted by Crippen LogP contribution is -2.54. The van der Waals surface area contributed by atoms with Crippen molar-refractivity contribution in [2.45, 2.75) is 65.8 Å². The number of rotatable bonds is 7. The number of nitrogens with two attached hydrogens (primary N) is 1. The standard InChI is InChI=1S/C22H33ClN6O3/c1-6-18(24)20-26-27-21(32-20)25-19-10-17(23)9-16(15(19)5)12-28-7-8-29(14(4)11-28)22(30)31-13(2)3/h9-10,13-14,18H,6-8,11-12,24H2,1-5H3,(H,25,27)/t14-,18-/m0/s1. The molecule has 1 saturated heterocycles. The van der Waals surface area contributed by atoms with Gasteiger partial charge in [-0.2, -0.15) is 0 Å². The van der Waals surface area contributed by atoms with Gasteiger partial charge >= 0.3 is 12.1 Å². The Labute approximate surface area is 194 Å². The van der Waals surface area contributed by atoms with Gasteiger partial charge in [-0.3, -0.25) is 4.90 Å². The highest BCUT2D eigenvalue weighted by Gasteiger charge is 2.29. The summed E-state index contributed by atoms with van der Waals surface area (Å²) in [4.78, 5) is 16.4. The van der Waals surface area contributed by atoms with Crippen molar-refractivity contribution < 1.29 is 13.9 Å². The maximum atomic E-state index is 12.3. The van der Waals surface area contributed by atoms with E-state index in [1.54, 1.807) is 4.90 Å². The highest BCUT2D eigenvalue weighted by molar-refractivity contribution is 6.31. The Balaban J connectivity index is 1.68. The minimum atomic E-state index is -0.285. The first kappa shape index (κ1) is 24.3. The summed E-state index contributed by atoms with van der Waals surface area (Å²) >= 11 is 6.41. The molecule has 0 saturated carbocycles. The van der Waals surface area contributed by atoms with E-state index in [4.69, 9.17) is 26.5 Å². The lowest BCUT2D eigenvalue weighted by Gasteiger charge is -2.39. The Hall–Kier alpha value is -2.36. The molecule has 176 valence electrons. The molecular formula is C22H33ClN6O3. The number of hydrogen-bond donors (Lipinski definition) is 2. The summed E-state index contributed by atoms with van der Waals surface area (Å²) in [5, 5.41) is 11.8. The Morgan fingerprint density at radius 3 is 2.78 bits per heavy atom. The number of piperazine rings is 1. The van der Waals surface area contributed by atoms with Gasteiger partial charge in [0.2, 0.25) is 5.89 Å². The molecule has 1 aliphatic rings. The van der Waals surface area contributed by atoms with Gasteiger partial charge in [-0.05, 0) is 57.4 Å². The molecule has 2 aromatic rings. The normalized spacial score (nSPS) is 18.1. The molecule has 32 heavy (non-hydrogen) atoms. The van der Waals surface area contributed by atoms with Crippen LogP contribution < -0.4 is 11.1 Å². The van der Waals surface area contributed by atoms with Crippen molar-refractivity contribution >= 4 is 29.4 Å². The van der Waals surface area contributed by atoms with E-state index in [1.807, 2.05) is 46.8 Å². The fourth-order valence-corrected chi connectivity index (χ4v) is 3.95. The number of carbonyl (C=O) groups excluding carboxylic acids is 1. The van der Waals surface area contributed by atoms with Gasteiger partial charge in [0.05, 0.1) is 12.1 Å². The second-order valence-electron chi connectivity index (χ2n) is 8.53. The molecule has 1 aliphatic heterocycles. The van der Waals surface area contributed by atoms with Crippen molar-refractivity contribution in [3.63, 3.8) is 0 Å². The SMILES string of the molecule is CC[C@H](N)c1nnc(Nc2cc(Cl)cc(CN3CCN(C(=O)OC(C)C)[C@@H](C)C3)c2C)o1. The van der Waals surface area contributed by atoms with E-state index in [9.17, 15) is 4.79 Å². The second kappa shape index (κ2) is 10.5. The van der Waals surface area contributed by atoms with Crippen LogP contribution in [0.15, 0.2) is 16.5 Å². The molecule has 2 atom stereocenters. The molecule has 0 bridgehead atoms. The first-order chi connectivity index (χ1) is 15.2. The maximum absolute atomic E-state index is 12.3. The Morgan fingerprint density at radius 1 is 1.38 bits per heavy atom. The summed E-state index contributed by atoms with van der Waals surface area (Å²) in [6, 6.07) is 3.87. The van der Waals surface area contributed by atoms with Gasteiger partial charge in [0.15, 0.2) is 0 Å². The topological polar surface area (TPSA) is 110 Å². The summed E-state index contributed by atoms with van der Waals surface area (Å²) in [6.07, 6.45) is 0.336. The van der Waals surface area contributed by atoms with Crippen molar-refractivity contribution in [3.8, 4) is 0 Å². The number of nitrogens with zero attached hydrogens (tertiary/aromatic N) is 4. The molecule has 1 amide bonds. The number of amides is 1. The van der Waals surface area contributed by atoms with Crippen LogP contribution in [0.5, 0.6) is 0 Å². The average Bonchev–Trinajstić information content (AvgIpc) is 3.19. The summed E-state index contributed by atoms with van der Waals surface area (Å²) in [5.41, 5.74) is 8.91. The lowest BCUT2D eigenvalue weighted by molar-refractivity contribution is 0.0349. The van der Waals surface area contributed by atoms with Crippen molar-refractivity contribution in [1.29, 1.82) is 0 Å². The highest BCUT2D eigenvalue weighted by Crippen LogP contribution is 2.29. The third kappa shape index (κ3) is 5.90. The zero-order valence-corrected chi connectivity index (χ0v) is 20.1. The Bertz CT molecular complexity index is 934. The van der Waals surface area contributed by atoms with Crippen LogP contribution in [-0.4, -0.2) is 57.9 Å². The largest absolute Gasteiger partial charge is 0.447 e. The fourth-order valence-electron chi connectivity index (χ4n) is 3.71. The number of hydrogen-bond acceptors (Lipinski definition) is 8. The van der Waals surface area contributed by atoms with E-state index in [0.717, 1.165) is 29.9 Å². The average molecular weight is 465 g/mol. The minimum absolute atomic E-state index is 0.0617. The molecule has 1 aromatic carbocycles. The zero-order chi connectivity index (χ0) is 23.4. The highest BCUT2D eigenvalue weighted by atomic mass is 35.5. The van der Waals surface area contributed by atoms with E-state index in [-0.39, 0.29) is 30.3 Å². The summed E-state index contributed by atoms with van der Waals surface area (Å²) in [7, 11) is 0. The molecule has 1 aromatic heterocycles. The number of aromatic nitrogens is 2. The first-order valence-electron chi connectivity index (χ1n) is 11.0. The molecule has 3 N–H and O–H groups in total. The number of ether oxygens (including phenoxy) is 1. The molecule has 2 heterocycles. The van der Waals surface area contributed by atoms with E-state index >= 15 is 0 Å². The van der Waals surface area contributed by atoms with Gasteiger partial charge in [0.1, 0.15) is 0 Å².